The summed E-state index contributed by atoms with van der Waals surface area (Å²) in [5, 5.41) is 3.32. The molecule has 3 rings (SSSR count). The van der Waals surface area contributed by atoms with Gasteiger partial charge in [-0.1, -0.05) is 6.92 Å². The van der Waals surface area contributed by atoms with Crippen molar-refractivity contribution in [3.8, 4) is 17.2 Å². The van der Waals surface area contributed by atoms with Crippen LogP contribution >= 0.6 is 0 Å². The van der Waals surface area contributed by atoms with Crippen LogP contribution in [-0.2, 0) is 4.74 Å². The van der Waals surface area contributed by atoms with Gasteiger partial charge in [-0.3, -0.25) is 0 Å². The molecule has 2 aliphatic heterocycles. The van der Waals surface area contributed by atoms with E-state index in [2.05, 4.69) is 12.2 Å². The molecule has 0 saturated carbocycles. The Morgan fingerprint density at radius 3 is 2.95 bits per heavy atom. The molecule has 1 aromatic rings. The predicted molar refractivity (Wildman–Crippen MR) is 74.5 cm³/mol. The van der Waals surface area contributed by atoms with Crippen LogP contribution in [0.2, 0.25) is 0 Å². The van der Waals surface area contributed by atoms with Gasteiger partial charge in [-0.25, -0.2) is 0 Å². The van der Waals surface area contributed by atoms with Crippen molar-refractivity contribution in [2.45, 2.75) is 32.0 Å². The summed E-state index contributed by atoms with van der Waals surface area (Å²) in [7, 11) is 0. The Labute approximate surface area is 119 Å². The molecule has 0 bridgehead atoms. The highest BCUT2D eigenvalue weighted by Crippen LogP contribution is 2.35. The first-order valence-electron chi connectivity index (χ1n) is 7.24. The SMILES string of the molecule is CCNCC1CCC(COc2ccc3c(c2)OCO3)O1. The van der Waals surface area contributed by atoms with Crippen LogP contribution in [0.5, 0.6) is 17.2 Å². The number of fused-ring (bicyclic) bond motifs is 1. The minimum Gasteiger partial charge on any atom is -0.491 e. The minimum absolute atomic E-state index is 0.184. The Morgan fingerprint density at radius 1 is 1.20 bits per heavy atom. The van der Waals surface area contributed by atoms with Crippen LogP contribution in [0.1, 0.15) is 19.8 Å². The quantitative estimate of drug-likeness (QED) is 0.862. The maximum Gasteiger partial charge on any atom is 0.231 e. The zero-order valence-electron chi connectivity index (χ0n) is 11.8. The molecule has 1 N–H and O–H groups in total. The van der Waals surface area contributed by atoms with E-state index in [0.29, 0.717) is 12.7 Å². The lowest BCUT2D eigenvalue weighted by Crippen LogP contribution is -2.28. The fourth-order valence-corrected chi connectivity index (χ4v) is 2.51. The van der Waals surface area contributed by atoms with Gasteiger partial charge in [-0.05, 0) is 31.5 Å². The third-order valence-corrected chi connectivity index (χ3v) is 3.60. The molecule has 5 heteroatoms. The lowest BCUT2D eigenvalue weighted by Gasteiger charge is -2.15. The molecule has 5 nitrogen and oxygen atoms in total. The van der Waals surface area contributed by atoms with Gasteiger partial charge in [0.15, 0.2) is 11.5 Å². The van der Waals surface area contributed by atoms with Gasteiger partial charge in [0, 0.05) is 12.6 Å². The van der Waals surface area contributed by atoms with Crippen LogP contribution in [-0.4, -0.2) is 38.7 Å². The van der Waals surface area contributed by atoms with E-state index in [0.717, 1.165) is 43.2 Å². The van der Waals surface area contributed by atoms with Gasteiger partial charge in [0.05, 0.1) is 12.2 Å². The second-order valence-corrected chi connectivity index (χ2v) is 5.09. The van der Waals surface area contributed by atoms with E-state index in [1.54, 1.807) is 0 Å². The molecular weight excluding hydrogens is 258 g/mol. The van der Waals surface area contributed by atoms with E-state index in [1.807, 2.05) is 18.2 Å². The molecule has 1 fully saturated rings. The predicted octanol–water partition coefficient (Wildman–Crippen LogP) is 1.95. The summed E-state index contributed by atoms with van der Waals surface area (Å²) >= 11 is 0. The highest BCUT2D eigenvalue weighted by atomic mass is 16.7. The molecule has 0 radical (unpaired) electrons. The van der Waals surface area contributed by atoms with E-state index in [4.69, 9.17) is 18.9 Å². The largest absolute Gasteiger partial charge is 0.491 e. The first-order valence-corrected chi connectivity index (χ1v) is 7.24. The van der Waals surface area contributed by atoms with Crippen LogP contribution in [0.4, 0.5) is 0 Å². The molecule has 2 atom stereocenters. The summed E-state index contributed by atoms with van der Waals surface area (Å²) in [6.07, 6.45) is 2.66. The van der Waals surface area contributed by atoms with Gasteiger partial charge < -0.3 is 24.3 Å². The molecule has 0 spiro atoms. The second kappa shape index (κ2) is 6.33. The first kappa shape index (κ1) is 13.5. The Balaban J connectivity index is 1.46. The van der Waals surface area contributed by atoms with Crippen LogP contribution in [0.25, 0.3) is 0 Å². The van der Waals surface area contributed by atoms with E-state index in [1.165, 1.54) is 0 Å². The van der Waals surface area contributed by atoms with E-state index in [-0.39, 0.29) is 12.9 Å². The summed E-state index contributed by atoms with van der Waals surface area (Å²) < 4.78 is 22.3. The van der Waals surface area contributed by atoms with E-state index in [9.17, 15) is 0 Å². The average Bonchev–Trinajstić information content (AvgIpc) is 3.11. The van der Waals surface area contributed by atoms with Crippen molar-refractivity contribution in [1.82, 2.24) is 5.32 Å². The second-order valence-electron chi connectivity index (χ2n) is 5.09. The molecular formula is C15H21NO4. The average molecular weight is 279 g/mol. The van der Waals surface area contributed by atoms with Crippen molar-refractivity contribution < 1.29 is 18.9 Å². The van der Waals surface area contributed by atoms with Crippen molar-refractivity contribution in [1.29, 1.82) is 0 Å². The van der Waals surface area contributed by atoms with Crippen LogP contribution in [0.3, 0.4) is 0 Å². The third-order valence-electron chi connectivity index (χ3n) is 3.60. The lowest BCUT2D eigenvalue weighted by molar-refractivity contribution is 0.0187. The number of likely N-dealkylation sites (N-methyl/N-ethyl adjacent to an activating group) is 1. The summed E-state index contributed by atoms with van der Waals surface area (Å²) in [4.78, 5) is 0. The van der Waals surface area contributed by atoms with Crippen molar-refractivity contribution in [3.05, 3.63) is 18.2 Å². The molecule has 2 heterocycles. The molecule has 20 heavy (non-hydrogen) atoms. The van der Waals surface area contributed by atoms with Crippen molar-refractivity contribution >= 4 is 0 Å². The number of ether oxygens (including phenoxy) is 4. The highest BCUT2D eigenvalue weighted by Gasteiger charge is 2.25. The molecule has 0 amide bonds. The fourth-order valence-electron chi connectivity index (χ4n) is 2.51. The van der Waals surface area contributed by atoms with Crippen molar-refractivity contribution in [2.75, 3.05) is 26.5 Å². The summed E-state index contributed by atoms with van der Waals surface area (Å²) in [5.41, 5.74) is 0. The number of rotatable bonds is 6. The third kappa shape index (κ3) is 3.16. The van der Waals surface area contributed by atoms with Crippen LogP contribution in [0.15, 0.2) is 18.2 Å². The highest BCUT2D eigenvalue weighted by molar-refractivity contribution is 5.46. The molecule has 2 unspecified atom stereocenters. The van der Waals surface area contributed by atoms with Gasteiger partial charge in [0.2, 0.25) is 6.79 Å². The first-order chi connectivity index (χ1) is 9.85. The standard InChI is InChI=1S/C15H21NO4/c1-2-16-8-12-3-4-13(20-12)9-17-11-5-6-14-15(7-11)19-10-18-14/h5-7,12-13,16H,2-4,8-10H2,1H3. The van der Waals surface area contributed by atoms with Crippen molar-refractivity contribution in [3.63, 3.8) is 0 Å². The Kier molecular flexibility index (Phi) is 4.28. The summed E-state index contributed by atoms with van der Waals surface area (Å²) in [5.74, 6) is 2.33. The Hall–Kier alpha value is -1.46. The maximum absolute atomic E-state index is 5.93. The monoisotopic (exact) mass is 279 g/mol. The summed E-state index contributed by atoms with van der Waals surface area (Å²) in [6, 6.07) is 5.65. The number of benzene rings is 1. The van der Waals surface area contributed by atoms with Crippen LogP contribution < -0.4 is 19.5 Å². The van der Waals surface area contributed by atoms with E-state index >= 15 is 0 Å². The maximum atomic E-state index is 5.93. The molecule has 1 saturated heterocycles. The lowest BCUT2D eigenvalue weighted by atomic mass is 10.2. The Bertz CT molecular complexity index is 451. The normalized spacial score (nSPS) is 24.1. The number of hydrogen-bond donors (Lipinski definition) is 1. The van der Waals surface area contributed by atoms with E-state index < -0.39 is 0 Å². The van der Waals surface area contributed by atoms with Gasteiger partial charge >= 0.3 is 0 Å². The van der Waals surface area contributed by atoms with Gasteiger partial charge in [-0.15, -0.1) is 0 Å². The van der Waals surface area contributed by atoms with Gasteiger partial charge in [0.1, 0.15) is 12.4 Å². The smallest absolute Gasteiger partial charge is 0.231 e. The van der Waals surface area contributed by atoms with Crippen LogP contribution in [0, 0.1) is 0 Å². The van der Waals surface area contributed by atoms with Crippen molar-refractivity contribution in [2.24, 2.45) is 0 Å². The zero-order chi connectivity index (χ0) is 13.8. The molecule has 0 aromatic heterocycles. The fraction of sp³-hybridized carbons (Fsp3) is 0.600. The molecule has 0 aliphatic carbocycles. The van der Waals surface area contributed by atoms with Gasteiger partial charge in [0.25, 0.3) is 0 Å². The number of hydrogen-bond acceptors (Lipinski definition) is 5. The minimum atomic E-state index is 0.184. The van der Waals surface area contributed by atoms with Gasteiger partial charge in [-0.2, -0.15) is 0 Å². The number of nitrogens with one attached hydrogen (secondary N) is 1. The molecule has 2 aliphatic rings. The zero-order valence-corrected chi connectivity index (χ0v) is 11.8. The topological polar surface area (TPSA) is 49.0 Å². The summed E-state index contributed by atoms with van der Waals surface area (Å²) in [6.45, 7) is 4.89. The Morgan fingerprint density at radius 2 is 2.05 bits per heavy atom. The molecule has 1 aromatic carbocycles. The molecule has 110 valence electrons.